The molecule has 3 aromatic carbocycles. The van der Waals surface area contributed by atoms with Gasteiger partial charge in [-0.3, -0.25) is 0 Å². The second-order valence-electron chi connectivity index (χ2n) is 8.30. The molecular formula is C28H32O6. The van der Waals surface area contributed by atoms with E-state index >= 15 is 0 Å². The Hall–Kier alpha value is -2.58. The molecule has 4 rings (SSSR count). The number of hydrogen-bond donors (Lipinski definition) is 1. The van der Waals surface area contributed by atoms with Gasteiger partial charge in [0.1, 0.15) is 24.4 Å². The second kappa shape index (κ2) is 12.8. The Kier molecular flexibility index (Phi) is 9.21. The third kappa shape index (κ3) is 6.73. The Balaban J connectivity index is 1.55. The number of rotatable bonds is 11. The topological polar surface area (TPSA) is 66.4 Å². The van der Waals surface area contributed by atoms with Gasteiger partial charge in [0.2, 0.25) is 0 Å². The van der Waals surface area contributed by atoms with Crippen molar-refractivity contribution in [3.05, 3.63) is 108 Å². The summed E-state index contributed by atoms with van der Waals surface area (Å²) >= 11 is 0. The van der Waals surface area contributed by atoms with E-state index in [1.165, 1.54) is 0 Å². The highest BCUT2D eigenvalue weighted by atomic mass is 16.7. The van der Waals surface area contributed by atoms with E-state index in [9.17, 15) is 5.11 Å². The lowest BCUT2D eigenvalue weighted by molar-refractivity contribution is -0.316. The van der Waals surface area contributed by atoms with E-state index in [-0.39, 0.29) is 6.61 Å². The normalized spacial score (nSPS) is 24.7. The molecular weight excluding hydrogens is 432 g/mol. The molecule has 1 aliphatic rings. The van der Waals surface area contributed by atoms with E-state index in [2.05, 4.69) is 0 Å². The fraction of sp³-hybridized carbons (Fsp3) is 0.357. The van der Waals surface area contributed by atoms with E-state index in [1.807, 2.05) is 91.0 Å². The van der Waals surface area contributed by atoms with Gasteiger partial charge in [-0.05, 0) is 16.7 Å². The molecule has 180 valence electrons. The lowest BCUT2D eigenvalue weighted by Gasteiger charge is -2.44. The van der Waals surface area contributed by atoms with E-state index in [1.54, 1.807) is 7.11 Å². The zero-order chi connectivity index (χ0) is 23.6. The lowest BCUT2D eigenvalue weighted by Crippen LogP contribution is -2.61. The molecule has 0 spiro atoms. The summed E-state index contributed by atoms with van der Waals surface area (Å²) in [5, 5.41) is 10.9. The molecule has 5 atom stereocenters. The first-order valence-electron chi connectivity index (χ1n) is 11.5. The van der Waals surface area contributed by atoms with E-state index in [0.29, 0.717) is 19.8 Å². The van der Waals surface area contributed by atoms with Crippen molar-refractivity contribution < 1.29 is 28.8 Å². The van der Waals surface area contributed by atoms with Crippen LogP contribution >= 0.6 is 0 Å². The van der Waals surface area contributed by atoms with Crippen molar-refractivity contribution in [1.29, 1.82) is 0 Å². The highest BCUT2D eigenvalue weighted by Gasteiger charge is 2.47. The molecule has 1 heterocycles. The molecule has 0 radical (unpaired) electrons. The van der Waals surface area contributed by atoms with Crippen molar-refractivity contribution in [2.75, 3.05) is 13.7 Å². The molecule has 0 saturated carbocycles. The molecule has 0 amide bonds. The SMILES string of the molecule is COC[C@H]1O[C@@H](O)[C@H](OCc2ccccc2)[C@@H](OCc2ccccc2)[C@H]1OCc1ccccc1. The standard InChI is InChI=1S/C28H32O6/c1-30-20-24-25(31-17-21-11-5-2-6-12-21)26(32-18-22-13-7-3-8-14-22)27(28(29)34-24)33-19-23-15-9-4-10-16-23/h2-16,24-29H,17-20H2,1H3/t24-,25+,26+,27-,28-/m1/s1. The highest BCUT2D eigenvalue weighted by Crippen LogP contribution is 2.29. The summed E-state index contributed by atoms with van der Waals surface area (Å²) in [4.78, 5) is 0. The van der Waals surface area contributed by atoms with Crippen molar-refractivity contribution >= 4 is 0 Å². The first-order valence-corrected chi connectivity index (χ1v) is 11.5. The number of hydrogen-bond acceptors (Lipinski definition) is 6. The molecule has 6 nitrogen and oxygen atoms in total. The van der Waals surface area contributed by atoms with Crippen molar-refractivity contribution in [2.24, 2.45) is 0 Å². The van der Waals surface area contributed by atoms with Crippen LogP contribution in [0.3, 0.4) is 0 Å². The summed E-state index contributed by atoms with van der Waals surface area (Å²) in [6.45, 7) is 1.31. The van der Waals surface area contributed by atoms with Crippen LogP contribution in [0.25, 0.3) is 0 Å². The first-order chi connectivity index (χ1) is 16.7. The van der Waals surface area contributed by atoms with Crippen LogP contribution in [0.4, 0.5) is 0 Å². The molecule has 1 aliphatic heterocycles. The number of methoxy groups -OCH3 is 1. The van der Waals surface area contributed by atoms with Crippen LogP contribution in [0.1, 0.15) is 16.7 Å². The zero-order valence-electron chi connectivity index (χ0n) is 19.4. The summed E-state index contributed by atoms with van der Waals surface area (Å²) in [6.07, 6.45) is -3.51. The minimum absolute atomic E-state index is 0.257. The van der Waals surface area contributed by atoms with Crippen molar-refractivity contribution in [2.45, 2.75) is 50.5 Å². The molecule has 3 aromatic rings. The third-order valence-corrected chi connectivity index (χ3v) is 5.80. The Morgan fingerprint density at radius 3 is 1.47 bits per heavy atom. The highest BCUT2D eigenvalue weighted by molar-refractivity contribution is 5.15. The summed E-state index contributed by atoms with van der Waals surface area (Å²) in [5.74, 6) is 0. The van der Waals surface area contributed by atoms with Crippen LogP contribution in [0.15, 0.2) is 91.0 Å². The van der Waals surface area contributed by atoms with Crippen molar-refractivity contribution in [1.82, 2.24) is 0 Å². The van der Waals surface area contributed by atoms with Crippen LogP contribution in [0, 0.1) is 0 Å². The fourth-order valence-electron chi connectivity index (χ4n) is 4.06. The van der Waals surface area contributed by atoms with Crippen molar-refractivity contribution in [3.8, 4) is 0 Å². The largest absolute Gasteiger partial charge is 0.382 e. The first kappa shape index (κ1) is 24.5. The minimum Gasteiger partial charge on any atom is -0.382 e. The van der Waals surface area contributed by atoms with Crippen molar-refractivity contribution in [3.63, 3.8) is 0 Å². The van der Waals surface area contributed by atoms with Gasteiger partial charge in [0.25, 0.3) is 0 Å². The molecule has 1 N–H and O–H groups in total. The van der Waals surface area contributed by atoms with Gasteiger partial charge in [0, 0.05) is 7.11 Å². The van der Waals surface area contributed by atoms with Gasteiger partial charge >= 0.3 is 0 Å². The van der Waals surface area contributed by atoms with Crippen LogP contribution in [-0.2, 0) is 43.5 Å². The Morgan fingerprint density at radius 1 is 0.618 bits per heavy atom. The molecule has 34 heavy (non-hydrogen) atoms. The van der Waals surface area contributed by atoms with Gasteiger partial charge in [-0.2, -0.15) is 0 Å². The molecule has 1 fully saturated rings. The monoisotopic (exact) mass is 464 g/mol. The predicted molar refractivity (Wildman–Crippen MR) is 128 cm³/mol. The smallest absolute Gasteiger partial charge is 0.184 e. The molecule has 0 unspecified atom stereocenters. The van der Waals surface area contributed by atoms with Gasteiger partial charge in [-0.25, -0.2) is 0 Å². The molecule has 0 bridgehead atoms. The summed E-state index contributed by atoms with van der Waals surface area (Å²) in [6, 6.07) is 29.7. The van der Waals surface area contributed by atoms with Crippen LogP contribution in [0.5, 0.6) is 0 Å². The van der Waals surface area contributed by atoms with Gasteiger partial charge in [-0.1, -0.05) is 91.0 Å². The van der Waals surface area contributed by atoms with Crippen LogP contribution in [-0.4, -0.2) is 49.5 Å². The molecule has 1 saturated heterocycles. The quantitative estimate of drug-likeness (QED) is 0.461. The van der Waals surface area contributed by atoms with Crippen LogP contribution < -0.4 is 0 Å². The minimum atomic E-state index is -1.18. The van der Waals surface area contributed by atoms with E-state index in [4.69, 9.17) is 23.7 Å². The molecule has 0 aliphatic carbocycles. The Morgan fingerprint density at radius 2 is 1.03 bits per heavy atom. The Bertz CT molecular complexity index is 952. The zero-order valence-corrected chi connectivity index (χ0v) is 19.4. The summed E-state index contributed by atoms with van der Waals surface area (Å²) < 4.78 is 30.2. The number of aliphatic hydroxyl groups is 1. The predicted octanol–water partition coefficient (Wildman–Crippen LogP) is 4.11. The van der Waals surface area contributed by atoms with Crippen LogP contribution in [0.2, 0.25) is 0 Å². The third-order valence-electron chi connectivity index (χ3n) is 5.80. The van der Waals surface area contributed by atoms with E-state index < -0.39 is 30.7 Å². The lowest BCUT2D eigenvalue weighted by atomic mass is 9.98. The van der Waals surface area contributed by atoms with Gasteiger partial charge in [-0.15, -0.1) is 0 Å². The number of ether oxygens (including phenoxy) is 5. The van der Waals surface area contributed by atoms with Gasteiger partial charge in [0.05, 0.1) is 26.4 Å². The second-order valence-corrected chi connectivity index (χ2v) is 8.30. The maximum Gasteiger partial charge on any atom is 0.184 e. The summed E-state index contributed by atoms with van der Waals surface area (Å²) in [5.41, 5.74) is 3.06. The molecule has 6 heteroatoms. The van der Waals surface area contributed by atoms with Gasteiger partial charge in [0.15, 0.2) is 6.29 Å². The van der Waals surface area contributed by atoms with Gasteiger partial charge < -0.3 is 28.8 Å². The average molecular weight is 465 g/mol. The summed E-state index contributed by atoms with van der Waals surface area (Å²) in [7, 11) is 1.60. The fourth-order valence-corrected chi connectivity index (χ4v) is 4.06. The maximum absolute atomic E-state index is 10.9. The maximum atomic E-state index is 10.9. The molecule has 0 aromatic heterocycles. The average Bonchev–Trinajstić information content (AvgIpc) is 2.88. The number of benzene rings is 3. The Labute approximate surface area is 201 Å². The number of aliphatic hydroxyl groups excluding tert-OH is 1. The van der Waals surface area contributed by atoms with E-state index in [0.717, 1.165) is 16.7 Å².